The predicted molar refractivity (Wildman–Crippen MR) is 74.7 cm³/mol. The van der Waals surface area contributed by atoms with E-state index in [1.165, 1.54) is 32.1 Å². The number of aromatic nitrogens is 1. The molecule has 4 nitrogen and oxygen atoms in total. The Balaban J connectivity index is 1.65. The summed E-state index contributed by atoms with van der Waals surface area (Å²) in [5, 5.41) is 7.36. The van der Waals surface area contributed by atoms with Crippen LogP contribution in [0.1, 0.15) is 57.4 Å². The molecule has 0 bridgehead atoms. The minimum absolute atomic E-state index is 0.461. The van der Waals surface area contributed by atoms with Gasteiger partial charge in [0.15, 0.2) is 5.76 Å². The van der Waals surface area contributed by atoms with Gasteiger partial charge in [0.1, 0.15) is 6.61 Å². The Morgan fingerprint density at radius 2 is 2.16 bits per heavy atom. The van der Waals surface area contributed by atoms with Gasteiger partial charge in [-0.2, -0.15) is 0 Å². The Labute approximate surface area is 115 Å². The molecule has 2 rings (SSSR count). The van der Waals surface area contributed by atoms with Crippen molar-refractivity contribution in [1.29, 1.82) is 0 Å². The van der Waals surface area contributed by atoms with E-state index in [4.69, 9.17) is 9.26 Å². The normalized spacial score (nSPS) is 17.2. The van der Waals surface area contributed by atoms with E-state index in [0.29, 0.717) is 12.6 Å². The van der Waals surface area contributed by atoms with E-state index >= 15 is 0 Å². The van der Waals surface area contributed by atoms with Gasteiger partial charge < -0.3 is 14.6 Å². The van der Waals surface area contributed by atoms with Crippen LogP contribution < -0.4 is 5.32 Å². The number of hydrogen-bond acceptors (Lipinski definition) is 4. The zero-order valence-corrected chi connectivity index (χ0v) is 12.2. The number of hydrogen-bond donors (Lipinski definition) is 1. The molecule has 108 valence electrons. The van der Waals surface area contributed by atoms with Gasteiger partial charge in [0.25, 0.3) is 0 Å². The Morgan fingerprint density at radius 1 is 1.37 bits per heavy atom. The summed E-state index contributed by atoms with van der Waals surface area (Å²) in [6.45, 7) is 6.40. The van der Waals surface area contributed by atoms with E-state index in [9.17, 15) is 0 Å². The number of rotatable bonds is 7. The molecule has 4 heteroatoms. The summed E-state index contributed by atoms with van der Waals surface area (Å²) in [7, 11) is 0. The average molecular weight is 266 g/mol. The average Bonchev–Trinajstić information content (AvgIpc) is 2.86. The van der Waals surface area contributed by atoms with E-state index < -0.39 is 0 Å². The van der Waals surface area contributed by atoms with Gasteiger partial charge in [-0.15, -0.1) is 0 Å². The predicted octanol–water partition coefficient (Wildman–Crippen LogP) is 3.27. The second-order valence-corrected chi connectivity index (χ2v) is 5.84. The highest BCUT2D eigenvalue weighted by Crippen LogP contribution is 2.23. The number of nitrogens with one attached hydrogen (secondary N) is 1. The van der Waals surface area contributed by atoms with Crippen molar-refractivity contribution in [3.8, 4) is 0 Å². The Hall–Kier alpha value is -0.870. The lowest BCUT2D eigenvalue weighted by Crippen LogP contribution is -2.21. The second-order valence-electron chi connectivity index (χ2n) is 5.84. The topological polar surface area (TPSA) is 47.3 Å². The third-order valence-corrected chi connectivity index (χ3v) is 3.62. The maximum Gasteiger partial charge on any atom is 0.162 e. The fourth-order valence-corrected chi connectivity index (χ4v) is 2.50. The fraction of sp³-hybridized carbons (Fsp3) is 0.800. The first-order valence-corrected chi connectivity index (χ1v) is 7.49. The van der Waals surface area contributed by atoms with Crippen LogP contribution in [0.25, 0.3) is 0 Å². The lowest BCUT2D eigenvalue weighted by molar-refractivity contribution is 0.0606. The molecule has 0 radical (unpaired) electrons. The van der Waals surface area contributed by atoms with Crippen molar-refractivity contribution in [3.63, 3.8) is 0 Å². The number of nitrogens with zero attached hydrogens (tertiary/aromatic N) is 1. The summed E-state index contributed by atoms with van der Waals surface area (Å²) in [4.78, 5) is 0. The molecule has 1 fully saturated rings. The Morgan fingerprint density at radius 3 is 2.89 bits per heavy atom. The van der Waals surface area contributed by atoms with Crippen molar-refractivity contribution in [2.24, 2.45) is 5.92 Å². The first-order chi connectivity index (χ1) is 9.24. The van der Waals surface area contributed by atoms with Gasteiger partial charge in [0.05, 0.1) is 5.69 Å². The first-order valence-electron chi connectivity index (χ1n) is 7.49. The van der Waals surface area contributed by atoms with E-state index in [1.54, 1.807) is 0 Å². The molecule has 1 aliphatic carbocycles. The summed E-state index contributed by atoms with van der Waals surface area (Å²) in [5.74, 6) is 1.58. The standard InChI is InChI=1S/C15H26N2O2/c1-12(2)16-9-14-8-15(19-17-14)11-18-10-13-6-4-3-5-7-13/h8,12-13,16H,3-7,9-11H2,1-2H3. The molecular weight excluding hydrogens is 240 g/mol. The van der Waals surface area contributed by atoms with Crippen LogP contribution in [-0.2, 0) is 17.9 Å². The van der Waals surface area contributed by atoms with E-state index in [0.717, 1.165) is 30.5 Å². The van der Waals surface area contributed by atoms with Gasteiger partial charge in [0.2, 0.25) is 0 Å². The Kier molecular flexibility index (Phi) is 5.86. The van der Waals surface area contributed by atoms with Crippen LogP contribution in [0, 0.1) is 5.92 Å². The van der Waals surface area contributed by atoms with Crippen LogP contribution in [0.3, 0.4) is 0 Å². The number of ether oxygens (including phenoxy) is 1. The minimum atomic E-state index is 0.461. The van der Waals surface area contributed by atoms with Crippen molar-refractivity contribution in [2.45, 2.75) is 65.1 Å². The zero-order valence-electron chi connectivity index (χ0n) is 12.2. The highest BCUT2D eigenvalue weighted by molar-refractivity contribution is 5.04. The largest absolute Gasteiger partial charge is 0.373 e. The van der Waals surface area contributed by atoms with Crippen LogP contribution in [0.4, 0.5) is 0 Å². The smallest absolute Gasteiger partial charge is 0.162 e. The fourth-order valence-electron chi connectivity index (χ4n) is 2.50. The maximum absolute atomic E-state index is 5.74. The quantitative estimate of drug-likeness (QED) is 0.823. The van der Waals surface area contributed by atoms with E-state index in [2.05, 4.69) is 24.3 Å². The van der Waals surface area contributed by atoms with Crippen molar-refractivity contribution >= 4 is 0 Å². The minimum Gasteiger partial charge on any atom is -0.373 e. The monoisotopic (exact) mass is 266 g/mol. The molecule has 0 aliphatic heterocycles. The van der Waals surface area contributed by atoms with E-state index in [1.807, 2.05) is 6.07 Å². The summed E-state index contributed by atoms with van der Waals surface area (Å²) >= 11 is 0. The van der Waals surface area contributed by atoms with Crippen molar-refractivity contribution < 1.29 is 9.26 Å². The summed E-state index contributed by atoms with van der Waals surface area (Å²) in [6.07, 6.45) is 6.76. The Bertz CT molecular complexity index is 357. The molecular formula is C15H26N2O2. The first kappa shape index (κ1) is 14.5. The SMILES string of the molecule is CC(C)NCc1cc(COCC2CCCCC2)on1. The molecule has 1 aliphatic rings. The molecule has 1 N–H and O–H groups in total. The third-order valence-electron chi connectivity index (χ3n) is 3.62. The molecule has 0 amide bonds. The van der Waals surface area contributed by atoms with Crippen molar-refractivity contribution in [2.75, 3.05) is 6.61 Å². The summed E-state index contributed by atoms with van der Waals surface area (Å²) in [5.41, 5.74) is 0.949. The lowest BCUT2D eigenvalue weighted by atomic mass is 9.90. The van der Waals surface area contributed by atoms with Crippen LogP contribution in [0.5, 0.6) is 0 Å². The summed E-state index contributed by atoms with van der Waals surface area (Å²) < 4.78 is 11.0. The van der Waals surface area contributed by atoms with E-state index in [-0.39, 0.29) is 0 Å². The molecule has 19 heavy (non-hydrogen) atoms. The summed E-state index contributed by atoms with van der Waals surface area (Å²) in [6, 6.07) is 2.44. The molecule has 1 saturated carbocycles. The van der Waals surface area contributed by atoms with Crippen LogP contribution >= 0.6 is 0 Å². The second kappa shape index (κ2) is 7.65. The van der Waals surface area contributed by atoms with Gasteiger partial charge in [0, 0.05) is 25.3 Å². The van der Waals surface area contributed by atoms with Crippen LogP contribution in [0.15, 0.2) is 10.6 Å². The zero-order chi connectivity index (χ0) is 13.5. The maximum atomic E-state index is 5.74. The van der Waals surface area contributed by atoms with Gasteiger partial charge >= 0.3 is 0 Å². The molecule has 0 saturated heterocycles. The highest BCUT2D eigenvalue weighted by Gasteiger charge is 2.14. The van der Waals surface area contributed by atoms with Crippen molar-refractivity contribution in [3.05, 3.63) is 17.5 Å². The molecule has 1 aromatic heterocycles. The van der Waals surface area contributed by atoms with Gasteiger partial charge in [-0.1, -0.05) is 38.3 Å². The van der Waals surface area contributed by atoms with Gasteiger partial charge in [-0.3, -0.25) is 0 Å². The molecule has 0 unspecified atom stereocenters. The highest BCUT2D eigenvalue weighted by atomic mass is 16.5. The molecule has 0 spiro atoms. The molecule has 0 aromatic carbocycles. The molecule has 1 aromatic rings. The van der Waals surface area contributed by atoms with Crippen LogP contribution in [0.2, 0.25) is 0 Å². The lowest BCUT2D eigenvalue weighted by Gasteiger charge is -2.20. The third kappa shape index (κ3) is 5.33. The molecule has 1 heterocycles. The van der Waals surface area contributed by atoms with Gasteiger partial charge in [-0.05, 0) is 18.8 Å². The van der Waals surface area contributed by atoms with Crippen molar-refractivity contribution in [1.82, 2.24) is 10.5 Å². The van der Waals surface area contributed by atoms with Crippen LogP contribution in [-0.4, -0.2) is 17.8 Å². The van der Waals surface area contributed by atoms with Gasteiger partial charge in [-0.25, -0.2) is 0 Å². The molecule has 0 atom stereocenters.